The predicted molar refractivity (Wildman–Crippen MR) is 67.5 cm³/mol. The summed E-state index contributed by atoms with van der Waals surface area (Å²) in [4.78, 5) is 14.8. The van der Waals surface area contributed by atoms with Gasteiger partial charge in [0.05, 0.1) is 6.54 Å². The molecule has 0 aliphatic carbocycles. The van der Waals surface area contributed by atoms with Gasteiger partial charge in [0.25, 0.3) is 0 Å². The summed E-state index contributed by atoms with van der Waals surface area (Å²) >= 11 is 0. The Labute approximate surface area is 106 Å². The third-order valence-corrected chi connectivity index (χ3v) is 3.14. The highest BCUT2D eigenvalue weighted by molar-refractivity contribution is 5.69. The van der Waals surface area contributed by atoms with Crippen LogP contribution in [0, 0.1) is 0 Å². The smallest absolute Gasteiger partial charge is 0.317 e. The van der Waals surface area contributed by atoms with Crippen LogP contribution in [0.3, 0.4) is 0 Å². The van der Waals surface area contributed by atoms with Gasteiger partial charge in [-0.05, 0) is 17.7 Å². The Bertz CT molecular complexity index is 414. The summed E-state index contributed by atoms with van der Waals surface area (Å²) in [6.07, 6.45) is 0. The van der Waals surface area contributed by atoms with E-state index in [1.54, 1.807) is 12.1 Å². The molecule has 0 amide bonds. The topological polar surface area (TPSA) is 64.0 Å². The van der Waals surface area contributed by atoms with Gasteiger partial charge in [-0.15, -0.1) is 0 Å². The minimum Gasteiger partial charge on any atom is -0.508 e. The molecule has 1 heterocycles. The lowest BCUT2D eigenvalue weighted by atomic mass is 10.2. The van der Waals surface area contributed by atoms with Crippen molar-refractivity contribution in [2.24, 2.45) is 0 Å². The highest BCUT2D eigenvalue weighted by atomic mass is 16.4. The van der Waals surface area contributed by atoms with Crippen LogP contribution in [-0.2, 0) is 11.3 Å². The van der Waals surface area contributed by atoms with Crippen molar-refractivity contribution in [1.82, 2.24) is 9.80 Å². The molecule has 5 nitrogen and oxygen atoms in total. The summed E-state index contributed by atoms with van der Waals surface area (Å²) in [5, 5.41) is 18.1. The fourth-order valence-electron chi connectivity index (χ4n) is 2.21. The van der Waals surface area contributed by atoms with E-state index in [0.717, 1.165) is 38.3 Å². The molecule has 2 N–H and O–H groups in total. The van der Waals surface area contributed by atoms with Gasteiger partial charge in [-0.3, -0.25) is 14.6 Å². The summed E-state index contributed by atoms with van der Waals surface area (Å²) in [6.45, 7) is 4.22. The second-order valence-corrected chi connectivity index (χ2v) is 4.62. The number of aromatic hydroxyl groups is 1. The van der Waals surface area contributed by atoms with Crippen LogP contribution in [0.2, 0.25) is 0 Å². The number of aliphatic carboxylic acids is 1. The SMILES string of the molecule is O=C(O)CN1CCN(Cc2cccc(O)c2)CC1. The van der Waals surface area contributed by atoms with Gasteiger partial charge in [0.2, 0.25) is 0 Å². The van der Waals surface area contributed by atoms with Gasteiger partial charge in [0.1, 0.15) is 5.75 Å². The van der Waals surface area contributed by atoms with E-state index in [1.165, 1.54) is 0 Å². The van der Waals surface area contributed by atoms with Crippen molar-refractivity contribution in [1.29, 1.82) is 0 Å². The number of rotatable bonds is 4. The maximum atomic E-state index is 10.6. The van der Waals surface area contributed by atoms with Crippen molar-refractivity contribution in [2.45, 2.75) is 6.54 Å². The summed E-state index contributed by atoms with van der Waals surface area (Å²) in [5.41, 5.74) is 1.08. The number of carboxylic acid groups (broad SMARTS) is 1. The third kappa shape index (κ3) is 3.72. The van der Waals surface area contributed by atoms with Crippen molar-refractivity contribution in [3.63, 3.8) is 0 Å². The molecule has 18 heavy (non-hydrogen) atoms. The molecule has 1 aliphatic rings. The molecule has 0 bridgehead atoms. The first-order chi connectivity index (χ1) is 8.63. The lowest BCUT2D eigenvalue weighted by Gasteiger charge is -2.33. The number of phenolic OH excluding ortho intramolecular Hbond substituents is 1. The quantitative estimate of drug-likeness (QED) is 0.819. The number of nitrogens with zero attached hydrogens (tertiary/aromatic N) is 2. The standard InChI is InChI=1S/C13H18N2O3/c16-12-3-1-2-11(8-12)9-14-4-6-15(7-5-14)10-13(17)18/h1-3,8,16H,4-7,9-10H2,(H,17,18). The second-order valence-electron chi connectivity index (χ2n) is 4.62. The van der Waals surface area contributed by atoms with Crippen LogP contribution in [0.5, 0.6) is 5.75 Å². The van der Waals surface area contributed by atoms with Gasteiger partial charge in [0, 0.05) is 32.7 Å². The van der Waals surface area contributed by atoms with Crippen LogP contribution in [0.15, 0.2) is 24.3 Å². The van der Waals surface area contributed by atoms with Gasteiger partial charge in [0.15, 0.2) is 0 Å². The van der Waals surface area contributed by atoms with E-state index >= 15 is 0 Å². The molecule has 0 atom stereocenters. The number of carbonyl (C=O) groups is 1. The molecule has 1 saturated heterocycles. The van der Waals surface area contributed by atoms with Crippen LogP contribution in [0.25, 0.3) is 0 Å². The lowest BCUT2D eigenvalue weighted by molar-refractivity contribution is -0.138. The first kappa shape index (κ1) is 12.9. The van der Waals surface area contributed by atoms with Gasteiger partial charge >= 0.3 is 5.97 Å². The first-order valence-electron chi connectivity index (χ1n) is 6.08. The van der Waals surface area contributed by atoms with Crippen LogP contribution in [0.1, 0.15) is 5.56 Å². The first-order valence-corrected chi connectivity index (χ1v) is 6.08. The molecule has 0 radical (unpaired) electrons. The molecule has 0 aromatic heterocycles. The number of hydrogen-bond acceptors (Lipinski definition) is 4. The fraction of sp³-hybridized carbons (Fsp3) is 0.462. The van der Waals surface area contributed by atoms with Crippen molar-refractivity contribution >= 4 is 5.97 Å². The molecular formula is C13H18N2O3. The number of piperazine rings is 1. The van der Waals surface area contributed by atoms with Crippen molar-refractivity contribution in [3.05, 3.63) is 29.8 Å². The molecule has 1 aromatic carbocycles. The molecule has 0 unspecified atom stereocenters. The van der Waals surface area contributed by atoms with Gasteiger partial charge in [-0.2, -0.15) is 0 Å². The Hall–Kier alpha value is -1.59. The number of hydrogen-bond donors (Lipinski definition) is 2. The largest absolute Gasteiger partial charge is 0.508 e. The summed E-state index contributed by atoms with van der Waals surface area (Å²) < 4.78 is 0. The van der Waals surface area contributed by atoms with Crippen LogP contribution < -0.4 is 0 Å². The lowest BCUT2D eigenvalue weighted by Crippen LogP contribution is -2.47. The third-order valence-electron chi connectivity index (χ3n) is 3.14. The van der Waals surface area contributed by atoms with E-state index < -0.39 is 5.97 Å². The Balaban J connectivity index is 1.81. The predicted octanol–water partition coefficient (Wildman–Crippen LogP) is 0.594. The molecule has 98 valence electrons. The Kier molecular flexibility index (Phi) is 4.17. The maximum Gasteiger partial charge on any atom is 0.317 e. The zero-order chi connectivity index (χ0) is 13.0. The number of carboxylic acids is 1. The molecular weight excluding hydrogens is 232 g/mol. The zero-order valence-corrected chi connectivity index (χ0v) is 10.2. The summed E-state index contributed by atoms with van der Waals surface area (Å²) in [7, 11) is 0. The highest BCUT2D eigenvalue weighted by Gasteiger charge is 2.18. The van der Waals surface area contributed by atoms with Crippen LogP contribution >= 0.6 is 0 Å². The molecule has 1 aliphatic heterocycles. The Morgan fingerprint density at radius 2 is 1.83 bits per heavy atom. The Morgan fingerprint density at radius 1 is 1.17 bits per heavy atom. The fourth-order valence-corrected chi connectivity index (χ4v) is 2.21. The van der Waals surface area contributed by atoms with E-state index in [-0.39, 0.29) is 12.3 Å². The molecule has 2 rings (SSSR count). The summed E-state index contributed by atoms with van der Waals surface area (Å²) in [5.74, 6) is -0.478. The molecule has 1 fully saturated rings. The van der Waals surface area contributed by atoms with E-state index in [9.17, 15) is 9.90 Å². The van der Waals surface area contributed by atoms with Gasteiger partial charge < -0.3 is 10.2 Å². The van der Waals surface area contributed by atoms with E-state index in [4.69, 9.17) is 5.11 Å². The van der Waals surface area contributed by atoms with Crippen LogP contribution in [-0.4, -0.2) is 58.7 Å². The van der Waals surface area contributed by atoms with Crippen molar-refractivity contribution in [2.75, 3.05) is 32.7 Å². The van der Waals surface area contributed by atoms with Crippen LogP contribution in [0.4, 0.5) is 0 Å². The molecule has 1 aromatic rings. The molecule has 0 saturated carbocycles. The minimum atomic E-state index is -0.767. The monoisotopic (exact) mass is 250 g/mol. The average molecular weight is 250 g/mol. The van der Waals surface area contributed by atoms with E-state index in [1.807, 2.05) is 17.0 Å². The molecule has 5 heteroatoms. The second kappa shape index (κ2) is 5.84. The summed E-state index contributed by atoms with van der Waals surface area (Å²) in [6, 6.07) is 7.26. The number of phenols is 1. The van der Waals surface area contributed by atoms with Gasteiger partial charge in [-0.1, -0.05) is 12.1 Å². The van der Waals surface area contributed by atoms with Gasteiger partial charge in [-0.25, -0.2) is 0 Å². The highest BCUT2D eigenvalue weighted by Crippen LogP contribution is 2.14. The van der Waals surface area contributed by atoms with E-state index in [0.29, 0.717) is 0 Å². The number of benzene rings is 1. The zero-order valence-electron chi connectivity index (χ0n) is 10.2. The molecule has 0 spiro atoms. The minimum absolute atomic E-state index is 0.125. The normalized spacial score (nSPS) is 17.8. The van der Waals surface area contributed by atoms with Crippen molar-refractivity contribution < 1.29 is 15.0 Å². The van der Waals surface area contributed by atoms with Crippen molar-refractivity contribution in [3.8, 4) is 5.75 Å². The Morgan fingerprint density at radius 3 is 2.44 bits per heavy atom. The van der Waals surface area contributed by atoms with E-state index in [2.05, 4.69) is 4.90 Å². The average Bonchev–Trinajstić information content (AvgIpc) is 2.31. The maximum absolute atomic E-state index is 10.6.